The number of hydrogen-bond donors (Lipinski definition) is 6. The quantitative estimate of drug-likeness (QED) is 0.201. The van der Waals surface area contributed by atoms with Crippen molar-refractivity contribution in [1.82, 2.24) is 0 Å². The lowest BCUT2D eigenvalue weighted by Gasteiger charge is -2.71. The zero-order chi connectivity index (χ0) is 32.1. The molecule has 5 fully saturated rings. The summed E-state index contributed by atoms with van der Waals surface area (Å²) in [6, 6.07) is 0. The summed E-state index contributed by atoms with van der Waals surface area (Å²) in [4.78, 5) is 0. The van der Waals surface area contributed by atoms with E-state index in [2.05, 4.69) is 47.6 Å². The van der Waals surface area contributed by atoms with Crippen LogP contribution in [0, 0.1) is 50.2 Å². The molecule has 0 spiro atoms. The van der Waals surface area contributed by atoms with Gasteiger partial charge in [-0.3, -0.25) is 0 Å². The van der Waals surface area contributed by atoms with Crippen LogP contribution >= 0.6 is 0 Å². The van der Waals surface area contributed by atoms with Crippen LogP contribution in [0.3, 0.4) is 0 Å². The fourth-order valence-corrected chi connectivity index (χ4v) is 12.2. The molecule has 6 aliphatic rings. The maximum atomic E-state index is 11.0. The minimum Gasteiger partial charge on any atom is -0.396 e. The number of aliphatic hydroxyl groups excluding tert-OH is 6. The molecule has 14 unspecified atom stereocenters. The van der Waals surface area contributed by atoms with Crippen molar-refractivity contribution < 1.29 is 40.1 Å². The Hall–Kier alpha value is -0.580. The van der Waals surface area contributed by atoms with Crippen molar-refractivity contribution in [2.24, 2.45) is 50.2 Å². The van der Waals surface area contributed by atoms with Gasteiger partial charge in [-0.15, -0.1) is 0 Å². The van der Waals surface area contributed by atoms with Gasteiger partial charge in [-0.1, -0.05) is 53.2 Å². The van der Waals surface area contributed by atoms with Crippen molar-refractivity contribution in [1.29, 1.82) is 0 Å². The minimum atomic E-state index is -1.49. The SMILES string of the molecule is CC1(C)CCC2(CO)CCC3(C)C(=CCC4C5(C)CCC(OC6OC(CO)C(O)C(O)C6O)C(C)(CO)C5CCC43C)C2C1. The summed E-state index contributed by atoms with van der Waals surface area (Å²) in [5, 5.41) is 62.9. The van der Waals surface area contributed by atoms with Crippen LogP contribution in [0.4, 0.5) is 0 Å². The molecule has 14 atom stereocenters. The van der Waals surface area contributed by atoms with E-state index in [-0.39, 0.29) is 46.2 Å². The van der Waals surface area contributed by atoms with Gasteiger partial charge in [-0.25, -0.2) is 0 Å². The third-order valence-corrected chi connectivity index (χ3v) is 15.4. The Bertz CT molecular complexity index is 1120. The molecule has 0 aromatic rings. The van der Waals surface area contributed by atoms with Gasteiger partial charge in [-0.05, 0) is 104 Å². The fraction of sp³-hybridized carbons (Fsp3) is 0.944. The molecule has 44 heavy (non-hydrogen) atoms. The standard InChI is InChI=1S/C36H60O8/c1-31(2)13-15-36(20-39)16-14-34(5)21(22(36)17-31)7-8-25-32(3)11-10-26(33(4,19-38)24(32)9-12-35(25,34)6)44-30-29(42)28(41)27(40)23(18-37)43-30/h7,22-30,37-42H,8-20H2,1-6H3. The minimum absolute atomic E-state index is 0.0143. The maximum absolute atomic E-state index is 11.0. The molecular weight excluding hydrogens is 560 g/mol. The van der Waals surface area contributed by atoms with Crippen LogP contribution in [0.25, 0.3) is 0 Å². The Morgan fingerprint density at radius 2 is 1.50 bits per heavy atom. The molecule has 0 amide bonds. The number of hydrogen-bond acceptors (Lipinski definition) is 8. The Kier molecular flexibility index (Phi) is 8.31. The van der Waals surface area contributed by atoms with Gasteiger partial charge in [0.05, 0.1) is 19.3 Å². The zero-order valence-corrected chi connectivity index (χ0v) is 28.0. The predicted molar refractivity (Wildman–Crippen MR) is 166 cm³/mol. The molecule has 0 aromatic heterocycles. The molecule has 4 saturated carbocycles. The van der Waals surface area contributed by atoms with Crippen LogP contribution in [-0.2, 0) is 9.47 Å². The second-order valence-electron chi connectivity index (χ2n) is 17.8. The Labute approximate surface area is 264 Å². The third kappa shape index (κ3) is 4.52. The third-order valence-electron chi connectivity index (χ3n) is 15.4. The Morgan fingerprint density at radius 3 is 2.16 bits per heavy atom. The Balaban J connectivity index is 1.30. The summed E-state index contributed by atoms with van der Waals surface area (Å²) in [6.07, 6.45) is 5.89. The van der Waals surface area contributed by atoms with Crippen LogP contribution in [-0.4, -0.2) is 87.3 Å². The summed E-state index contributed by atoms with van der Waals surface area (Å²) in [7, 11) is 0. The lowest BCUT2D eigenvalue weighted by molar-refractivity contribution is -0.333. The van der Waals surface area contributed by atoms with Crippen LogP contribution in [0.5, 0.6) is 0 Å². The average Bonchev–Trinajstić information content (AvgIpc) is 2.98. The first kappa shape index (κ1) is 33.3. The number of fused-ring (bicyclic) bond motifs is 7. The predicted octanol–water partition coefficient (Wildman–Crippen LogP) is 3.94. The van der Waals surface area contributed by atoms with Crippen molar-refractivity contribution in [3.8, 4) is 0 Å². The average molecular weight is 621 g/mol. The molecular formula is C36H60O8. The van der Waals surface area contributed by atoms with Crippen LogP contribution in [0.2, 0.25) is 0 Å². The van der Waals surface area contributed by atoms with E-state index in [4.69, 9.17) is 9.47 Å². The highest BCUT2D eigenvalue weighted by molar-refractivity contribution is 5.34. The lowest BCUT2D eigenvalue weighted by Crippen LogP contribution is -2.67. The maximum Gasteiger partial charge on any atom is 0.186 e. The van der Waals surface area contributed by atoms with E-state index in [0.717, 1.165) is 51.4 Å². The number of aliphatic hydroxyl groups is 6. The summed E-state index contributed by atoms with van der Waals surface area (Å²) in [5.74, 6) is 1.07. The van der Waals surface area contributed by atoms with E-state index < -0.39 is 48.8 Å². The molecule has 8 heteroatoms. The summed E-state index contributed by atoms with van der Waals surface area (Å²) in [6.45, 7) is 14.2. The van der Waals surface area contributed by atoms with E-state index in [9.17, 15) is 30.6 Å². The van der Waals surface area contributed by atoms with E-state index in [1.54, 1.807) is 5.57 Å². The van der Waals surface area contributed by atoms with Gasteiger partial charge in [0.15, 0.2) is 6.29 Å². The molecule has 1 saturated heterocycles. The van der Waals surface area contributed by atoms with Gasteiger partial charge in [0, 0.05) is 17.4 Å². The normalized spacial score (nSPS) is 55.2. The van der Waals surface area contributed by atoms with Crippen molar-refractivity contribution in [3.63, 3.8) is 0 Å². The van der Waals surface area contributed by atoms with E-state index in [1.807, 2.05) is 0 Å². The van der Waals surface area contributed by atoms with Crippen molar-refractivity contribution in [3.05, 3.63) is 11.6 Å². The zero-order valence-electron chi connectivity index (χ0n) is 28.0. The smallest absolute Gasteiger partial charge is 0.186 e. The largest absolute Gasteiger partial charge is 0.396 e. The van der Waals surface area contributed by atoms with Gasteiger partial charge in [0.25, 0.3) is 0 Å². The molecule has 0 radical (unpaired) electrons. The molecule has 0 bridgehead atoms. The van der Waals surface area contributed by atoms with E-state index >= 15 is 0 Å². The number of rotatable bonds is 5. The fourth-order valence-electron chi connectivity index (χ4n) is 12.2. The molecule has 8 nitrogen and oxygen atoms in total. The van der Waals surface area contributed by atoms with Crippen molar-refractivity contribution >= 4 is 0 Å². The Morgan fingerprint density at radius 1 is 0.795 bits per heavy atom. The van der Waals surface area contributed by atoms with Gasteiger partial charge < -0.3 is 40.1 Å². The molecule has 0 aromatic carbocycles. The summed E-state index contributed by atoms with van der Waals surface area (Å²) in [5.41, 5.74) is 1.47. The highest BCUT2D eigenvalue weighted by Crippen LogP contribution is 2.75. The van der Waals surface area contributed by atoms with Gasteiger partial charge >= 0.3 is 0 Å². The van der Waals surface area contributed by atoms with Crippen LogP contribution in [0.15, 0.2) is 11.6 Å². The molecule has 5 aliphatic carbocycles. The number of allylic oxidation sites excluding steroid dienone is 2. The molecule has 1 aliphatic heterocycles. The van der Waals surface area contributed by atoms with Gasteiger partial charge in [-0.2, -0.15) is 0 Å². The highest BCUT2D eigenvalue weighted by Gasteiger charge is 2.69. The second-order valence-corrected chi connectivity index (χ2v) is 17.8. The van der Waals surface area contributed by atoms with E-state index in [1.165, 1.54) is 6.42 Å². The number of ether oxygens (including phenoxy) is 2. The molecule has 6 rings (SSSR count). The van der Waals surface area contributed by atoms with Crippen LogP contribution in [0.1, 0.15) is 106 Å². The highest BCUT2D eigenvalue weighted by atomic mass is 16.7. The first-order valence-corrected chi connectivity index (χ1v) is 17.4. The lowest BCUT2D eigenvalue weighted by atomic mass is 9.33. The van der Waals surface area contributed by atoms with E-state index in [0.29, 0.717) is 18.3 Å². The summed E-state index contributed by atoms with van der Waals surface area (Å²) >= 11 is 0. The van der Waals surface area contributed by atoms with Gasteiger partial charge in [0.2, 0.25) is 0 Å². The first-order valence-electron chi connectivity index (χ1n) is 17.4. The van der Waals surface area contributed by atoms with Gasteiger partial charge in [0.1, 0.15) is 24.4 Å². The first-order chi connectivity index (χ1) is 20.6. The van der Waals surface area contributed by atoms with Crippen molar-refractivity contribution in [2.45, 2.75) is 143 Å². The van der Waals surface area contributed by atoms with Crippen LogP contribution < -0.4 is 0 Å². The topological polar surface area (TPSA) is 140 Å². The molecule has 1 heterocycles. The summed E-state index contributed by atoms with van der Waals surface area (Å²) < 4.78 is 12.2. The second kappa shape index (κ2) is 11.0. The molecule has 252 valence electrons. The monoisotopic (exact) mass is 620 g/mol. The molecule has 6 N–H and O–H groups in total. The van der Waals surface area contributed by atoms with Crippen molar-refractivity contribution in [2.75, 3.05) is 19.8 Å².